The topological polar surface area (TPSA) is 89.3 Å². The van der Waals surface area contributed by atoms with Gasteiger partial charge >= 0.3 is 0 Å². The molecule has 1 aromatic carbocycles. The Bertz CT molecular complexity index is 577. The van der Waals surface area contributed by atoms with Gasteiger partial charge < -0.3 is 10.9 Å². The molecule has 0 saturated carbocycles. The van der Waals surface area contributed by atoms with Crippen LogP contribution in [0.2, 0.25) is 5.02 Å². The summed E-state index contributed by atoms with van der Waals surface area (Å²) in [4.78, 5) is 3.81. The molecule has 0 radical (unpaired) electrons. The average Bonchev–Trinajstić information content (AvgIpc) is 2.81. The highest BCUT2D eigenvalue weighted by atomic mass is 35.5. The lowest BCUT2D eigenvalue weighted by atomic mass is 10.2. The molecule has 0 unspecified atom stereocenters. The molecular weight excluding hydrogens is 261 g/mol. The zero-order chi connectivity index (χ0) is 13.1. The third-order valence-corrected chi connectivity index (χ3v) is 2.61. The van der Waals surface area contributed by atoms with Crippen molar-refractivity contribution >= 4 is 17.4 Å². The van der Waals surface area contributed by atoms with Crippen molar-refractivity contribution in [1.29, 1.82) is 0 Å². The van der Waals surface area contributed by atoms with Gasteiger partial charge in [0.25, 0.3) is 0 Å². The number of hydrogen-bond acceptors (Lipinski definition) is 4. The molecule has 6 nitrogen and oxygen atoms in total. The second-order valence-corrected chi connectivity index (χ2v) is 3.86. The van der Waals surface area contributed by atoms with Crippen molar-refractivity contribution in [2.75, 3.05) is 0 Å². The van der Waals surface area contributed by atoms with Gasteiger partial charge in [-0.3, -0.25) is 0 Å². The molecule has 18 heavy (non-hydrogen) atoms. The summed E-state index contributed by atoms with van der Waals surface area (Å²) >= 11 is 5.89. The fourth-order valence-corrected chi connectivity index (χ4v) is 1.60. The van der Waals surface area contributed by atoms with Gasteiger partial charge in [-0.1, -0.05) is 22.8 Å². The summed E-state index contributed by atoms with van der Waals surface area (Å²) in [5.74, 6) is -0.582. The van der Waals surface area contributed by atoms with Crippen molar-refractivity contribution in [3.63, 3.8) is 0 Å². The van der Waals surface area contributed by atoms with Crippen LogP contribution in [-0.2, 0) is 6.54 Å². The highest BCUT2D eigenvalue weighted by molar-refractivity contribution is 6.31. The fourth-order valence-electron chi connectivity index (χ4n) is 1.38. The molecule has 0 aliphatic rings. The van der Waals surface area contributed by atoms with Gasteiger partial charge in [0.15, 0.2) is 0 Å². The number of oxime groups is 1. The van der Waals surface area contributed by atoms with Gasteiger partial charge in [0.1, 0.15) is 12.1 Å². The Labute approximate surface area is 106 Å². The Kier molecular flexibility index (Phi) is 3.42. The smallest absolute Gasteiger partial charge is 0.219 e. The number of aromatic nitrogens is 3. The molecule has 0 aliphatic carbocycles. The predicted molar refractivity (Wildman–Crippen MR) is 63.0 cm³/mol. The molecule has 0 amide bonds. The van der Waals surface area contributed by atoms with E-state index in [4.69, 9.17) is 22.5 Å². The zero-order valence-electron chi connectivity index (χ0n) is 9.09. The molecule has 0 aliphatic heterocycles. The van der Waals surface area contributed by atoms with Crippen molar-refractivity contribution in [2.45, 2.75) is 6.54 Å². The molecule has 0 fully saturated rings. The maximum absolute atomic E-state index is 13.5. The van der Waals surface area contributed by atoms with Crippen LogP contribution in [0.1, 0.15) is 11.4 Å². The first kappa shape index (κ1) is 12.3. The second-order valence-electron chi connectivity index (χ2n) is 3.45. The SMILES string of the molecule is NC(=NO)c1ncn(Cc2c(F)cccc2Cl)n1. The molecule has 2 rings (SSSR count). The van der Waals surface area contributed by atoms with Crippen molar-refractivity contribution < 1.29 is 9.60 Å². The van der Waals surface area contributed by atoms with E-state index in [2.05, 4.69) is 15.2 Å². The summed E-state index contributed by atoms with van der Waals surface area (Å²) in [6.45, 7) is 0.108. The molecule has 3 N–H and O–H groups in total. The van der Waals surface area contributed by atoms with Crippen LogP contribution < -0.4 is 5.73 Å². The van der Waals surface area contributed by atoms with Crippen LogP contribution in [0.15, 0.2) is 29.7 Å². The Morgan fingerprint density at radius 1 is 1.56 bits per heavy atom. The maximum atomic E-state index is 13.5. The van der Waals surface area contributed by atoms with Gasteiger partial charge in [0.2, 0.25) is 11.7 Å². The van der Waals surface area contributed by atoms with Crippen LogP contribution in [0.5, 0.6) is 0 Å². The molecule has 0 saturated heterocycles. The third-order valence-electron chi connectivity index (χ3n) is 2.26. The minimum Gasteiger partial charge on any atom is -0.409 e. The van der Waals surface area contributed by atoms with E-state index in [-0.39, 0.29) is 18.2 Å². The van der Waals surface area contributed by atoms with E-state index < -0.39 is 5.82 Å². The number of hydrogen-bond donors (Lipinski definition) is 2. The van der Waals surface area contributed by atoms with Gasteiger partial charge in [0.05, 0.1) is 6.54 Å². The van der Waals surface area contributed by atoms with Crippen LogP contribution in [0.4, 0.5) is 4.39 Å². The Hall–Kier alpha value is -2.15. The molecule has 1 aromatic heterocycles. The molecule has 2 aromatic rings. The largest absolute Gasteiger partial charge is 0.409 e. The first-order valence-electron chi connectivity index (χ1n) is 4.92. The van der Waals surface area contributed by atoms with E-state index in [0.29, 0.717) is 10.6 Å². The monoisotopic (exact) mass is 269 g/mol. The van der Waals surface area contributed by atoms with Crippen LogP contribution in [0.25, 0.3) is 0 Å². The van der Waals surface area contributed by atoms with E-state index in [0.717, 1.165) is 0 Å². The van der Waals surface area contributed by atoms with E-state index in [1.54, 1.807) is 6.07 Å². The molecule has 0 spiro atoms. The molecule has 0 atom stereocenters. The van der Waals surface area contributed by atoms with Gasteiger partial charge in [-0.15, -0.1) is 5.10 Å². The summed E-state index contributed by atoms with van der Waals surface area (Å²) in [5, 5.41) is 15.5. The molecule has 1 heterocycles. The first-order chi connectivity index (χ1) is 8.61. The number of benzene rings is 1. The lowest BCUT2D eigenvalue weighted by molar-refractivity contribution is 0.318. The summed E-state index contributed by atoms with van der Waals surface area (Å²) in [6.07, 6.45) is 1.34. The standard InChI is InChI=1S/C10H9ClFN5O/c11-7-2-1-3-8(12)6(7)4-17-5-14-10(15-17)9(13)16-18/h1-3,5,18H,4H2,(H2,13,16). The minimum absolute atomic E-state index is 0.0601. The lowest BCUT2D eigenvalue weighted by Gasteiger charge is -2.04. The fraction of sp³-hybridized carbons (Fsp3) is 0.100. The second kappa shape index (κ2) is 5.01. The predicted octanol–water partition coefficient (Wildman–Crippen LogP) is 1.21. The van der Waals surface area contributed by atoms with Gasteiger partial charge in [-0.25, -0.2) is 14.1 Å². The molecule has 8 heteroatoms. The van der Waals surface area contributed by atoms with Gasteiger partial charge in [-0.2, -0.15) is 0 Å². The van der Waals surface area contributed by atoms with E-state index >= 15 is 0 Å². The summed E-state index contributed by atoms with van der Waals surface area (Å²) in [5.41, 5.74) is 5.62. The Morgan fingerprint density at radius 3 is 3.00 bits per heavy atom. The number of rotatable bonds is 3. The summed E-state index contributed by atoms with van der Waals surface area (Å²) in [6, 6.07) is 4.41. The average molecular weight is 270 g/mol. The van der Waals surface area contributed by atoms with Gasteiger partial charge in [0, 0.05) is 10.6 Å². The van der Waals surface area contributed by atoms with E-state index in [1.165, 1.54) is 23.1 Å². The van der Waals surface area contributed by atoms with Crippen LogP contribution >= 0.6 is 11.6 Å². The lowest BCUT2D eigenvalue weighted by Crippen LogP contribution is -2.15. The van der Waals surface area contributed by atoms with E-state index in [1.807, 2.05) is 0 Å². The van der Waals surface area contributed by atoms with Crippen molar-refractivity contribution in [3.8, 4) is 0 Å². The Balaban J connectivity index is 2.27. The molecule has 0 bridgehead atoms. The normalized spacial score (nSPS) is 11.8. The van der Waals surface area contributed by atoms with E-state index in [9.17, 15) is 4.39 Å². The van der Waals surface area contributed by atoms with Crippen LogP contribution in [-0.4, -0.2) is 25.8 Å². The minimum atomic E-state index is -0.427. The third kappa shape index (κ3) is 2.40. The first-order valence-corrected chi connectivity index (χ1v) is 5.30. The van der Waals surface area contributed by atoms with Crippen molar-refractivity contribution in [3.05, 3.63) is 46.8 Å². The quantitative estimate of drug-likeness (QED) is 0.379. The molecule has 94 valence electrons. The van der Waals surface area contributed by atoms with Crippen molar-refractivity contribution in [1.82, 2.24) is 14.8 Å². The number of nitrogens with two attached hydrogens (primary N) is 1. The van der Waals surface area contributed by atoms with Crippen LogP contribution in [0, 0.1) is 5.82 Å². The van der Waals surface area contributed by atoms with Gasteiger partial charge in [-0.05, 0) is 12.1 Å². The highest BCUT2D eigenvalue weighted by Gasteiger charge is 2.10. The van der Waals surface area contributed by atoms with Crippen molar-refractivity contribution in [2.24, 2.45) is 10.9 Å². The zero-order valence-corrected chi connectivity index (χ0v) is 9.84. The Morgan fingerprint density at radius 2 is 2.33 bits per heavy atom. The molecular formula is C10H9ClFN5O. The summed E-state index contributed by atoms with van der Waals surface area (Å²) in [7, 11) is 0. The summed E-state index contributed by atoms with van der Waals surface area (Å²) < 4.78 is 14.9. The maximum Gasteiger partial charge on any atom is 0.219 e. The highest BCUT2D eigenvalue weighted by Crippen LogP contribution is 2.19. The van der Waals surface area contributed by atoms with Crippen LogP contribution in [0.3, 0.4) is 0 Å². The number of amidine groups is 1. The number of halogens is 2. The number of nitrogens with zero attached hydrogens (tertiary/aromatic N) is 4.